The summed E-state index contributed by atoms with van der Waals surface area (Å²) in [6.45, 7) is 3.32. The average molecular weight is 216 g/mol. The second-order valence-electron chi connectivity index (χ2n) is 4.43. The summed E-state index contributed by atoms with van der Waals surface area (Å²) in [6.07, 6.45) is 3.94. The Morgan fingerprint density at radius 1 is 1.60 bits per heavy atom. The number of aliphatic hydroxyl groups excluding tert-OH is 1. The molecule has 0 aliphatic heterocycles. The predicted octanol–water partition coefficient (Wildman–Crippen LogP) is 3.45. The zero-order valence-electron chi connectivity index (χ0n) is 9.26. The molecule has 1 N–H and O–H groups in total. The van der Waals surface area contributed by atoms with E-state index in [1.807, 2.05) is 6.92 Å². The van der Waals surface area contributed by atoms with Crippen LogP contribution in [0.2, 0.25) is 0 Å². The van der Waals surface area contributed by atoms with E-state index >= 15 is 0 Å². The highest BCUT2D eigenvalue weighted by Crippen LogP contribution is 2.32. The van der Waals surface area contributed by atoms with Crippen LogP contribution in [-0.4, -0.2) is 16.9 Å². The van der Waals surface area contributed by atoms with E-state index in [4.69, 9.17) is 0 Å². The number of halogens is 2. The lowest BCUT2D eigenvalue weighted by Gasteiger charge is -2.23. The molecule has 0 radical (unpaired) electrons. The van der Waals surface area contributed by atoms with E-state index in [9.17, 15) is 13.9 Å². The Morgan fingerprint density at radius 2 is 2.27 bits per heavy atom. The van der Waals surface area contributed by atoms with Crippen LogP contribution in [0.5, 0.6) is 0 Å². The van der Waals surface area contributed by atoms with E-state index in [2.05, 4.69) is 0 Å². The van der Waals surface area contributed by atoms with E-state index < -0.39 is 17.6 Å². The van der Waals surface area contributed by atoms with Gasteiger partial charge in [-0.25, -0.2) is 8.78 Å². The van der Waals surface area contributed by atoms with Crippen molar-refractivity contribution in [2.24, 2.45) is 0 Å². The van der Waals surface area contributed by atoms with Gasteiger partial charge in [-0.05, 0) is 31.9 Å². The topological polar surface area (TPSA) is 20.2 Å². The van der Waals surface area contributed by atoms with Crippen LogP contribution >= 0.6 is 0 Å². The van der Waals surface area contributed by atoms with Gasteiger partial charge in [0, 0.05) is 6.42 Å². The summed E-state index contributed by atoms with van der Waals surface area (Å²) < 4.78 is 26.6. The Labute approximate surface area is 89.5 Å². The van der Waals surface area contributed by atoms with Crippen molar-refractivity contribution in [2.45, 2.75) is 51.3 Å². The molecule has 1 aliphatic carbocycles. The molecule has 0 bridgehead atoms. The van der Waals surface area contributed by atoms with Crippen molar-refractivity contribution >= 4 is 0 Å². The number of rotatable bonds is 4. The largest absolute Gasteiger partial charge is 0.393 e. The number of aliphatic hydroxyl groups is 1. The molecule has 3 heteroatoms. The van der Waals surface area contributed by atoms with Crippen LogP contribution in [-0.2, 0) is 0 Å². The van der Waals surface area contributed by atoms with Gasteiger partial charge < -0.3 is 5.11 Å². The molecule has 0 aromatic heterocycles. The van der Waals surface area contributed by atoms with Crippen molar-refractivity contribution in [2.75, 3.05) is 0 Å². The minimum absolute atomic E-state index is 0.182. The summed E-state index contributed by atoms with van der Waals surface area (Å²) in [5.41, 5.74) is -0.957. The SMILES string of the molecule is CCCC(O)CC1=CC(F)=CC(C)(F)C1. The second-order valence-corrected chi connectivity index (χ2v) is 4.43. The van der Waals surface area contributed by atoms with Gasteiger partial charge in [0.15, 0.2) is 0 Å². The van der Waals surface area contributed by atoms with Crippen molar-refractivity contribution in [1.29, 1.82) is 0 Å². The lowest BCUT2D eigenvalue weighted by Crippen LogP contribution is -2.20. The van der Waals surface area contributed by atoms with E-state index in [1.54, 1.807) is 0 Å². The Kier molecular flexibility index (Phi) is 4.03. The molecule has 86 valence electrons. The first-order valence-electron chi connectivity index (χ1n) is 5.38. The summed E-state index contributed by atoms with van der Waals surface area (Å²) in [6, 6.07) is 0. The first kappa shape index (κ1) is 12.4. The molecule has 1 rings (SSSR count). The normalized spacial score (nSPS) is 28.3. The zero-order valence-corrected chi connectivity index (χ0v) is 9.26. The summed E-state index contributed by atoms with van der Waals surface area (Å²) in [5, 5.41) is 9.55. The lowest BCUT2D eigenvalue weighted by molar-refractivity contribution is 0.157. The molecule has 0 aromatic carbocycles. The quantitative estimate of drug-likeness (QED) is 0.763. The fourth-order valence-corrected chi connectivity index (χ4v) is 1.94. The van der Waals surface area contributed by atoms with Crippen molar-refractivity contribution in [3.05, 3.63) is 23.6 Å². The van der Waals surface area contributed by atoms with Gasteiger partial charge in [-0.2, -0.15) is 0 Å². The highest BCUT2D eigenvalue weighted by Gasteiger charge is 2.27. The molecule has 0 heterocycles. The number of alkyl halides is 1. The minimum atomic E-state index is -1.61. The van der Waals surface area contributed by atoms with Crippen LogP contribution < -0.4 is 0 Å². The first-order chi connectivity index (χ1) is 6.93. The number of hydrogen-bond acceptors (Lipinski definition) is 1. The molecule has 2 unspecified atom stereocenters. The Morgan fingerprint density at radius 3 is 2.80 bits per heavy atom. The predicted molar refractivity (Wildman–Crippen MR) is 56.9 cm³/mol. The molecule has 1 nitrogen and oxygen atoms in total. The fraction of sp³-hybridized carbons (Fsp3) is 0.667. The molecule has 0 saturated carbocycles. The van der Waals surface area contributed by atoms with Crippen LogP contribution in [0.4, 0.5) is 8.78 Å². The maximum absolute atomic E-state index is 13.6. The van der Waals surface area contributed by atoms with Gasteiger partial charge in [-0.3, -0.25) is 0 Å². The Bertz CT molecular complexity index is 279. The van der Waals surface area contributed by atoms with Crippen molar-refractivity contribution in [3.63, 3.8) is 0 Å². The van der Waals surface area contributed by atoms with E-state index in [-0.39, 0.29) is 6.42 Å². The van der Waals surface area contributed by atoms with Crippen LogP contribution in [0.3, 0.4) is 0 Å². The molecule has 0 amide bonds. The molecular weight excluding hydrogens is 198 g/mol. The van der Waals surface area contributed by atoms with Gasteiger partial charge in [0.05, 0.1) is 6.10 Å². The maximum Gasteiger partial charge on any atom is 0.133 e. The molecule has 15 heavy (non-hydrogen) atoms. The van der Waals surface area contributed by atoms with Crippen LogP contribution in [0.15, 0.2) is 23.6 Å². The highest BCUT2D eigenvalue weighted by molar-refractivity contribution is 5.29. The van der Waals surface area contributed by atoms with Gasteiger partial charge in [0.2, 0.25) is 0 Å². The molecule has 0 fully saturated rings. The van der Waals surface area contributed by atoms with Crippen molar-refractivity contribution in [1.82, 2.24) is 0 Å². The summed E-state index contributed by atoms with van der Waals surface area (Å²) in [7, 11) is 0. The third kappa shape index (κ3) is 4.12. The Hall–Kier alpha value is -0.700. The van der Waals surface area contributed by atoms with Gasteiger partial charge >= 0.3 is 0 Å². The molecule has 1 aliphatic rings. The summed E-state index contributed by atoms with van der Waals surface area (Å²) in [4.78, 5) is 0. The van der Waals surface area contributed by atoms with E-state index in [0.717, 1.165) is 12.5 Å². The highest BCUT2D eigenvalue weighted by atomic mass is 19.1. The maximum atomic E-state index is 13.6. The molecular formula is C12H18F2O. The smallest absolute Gasteiger partial charge is 0.133 e. The van der Waals surface area contributed by atoms with Gasteiger partial charge in [-0.15, -0.1) is 0 Å². The van der Waals surface area contributed by atoms with Crippen molar-refractivity contribution in [3.8, 4) is 0 Å². The van der Waals surface area contributed by atoms with Crippen LogP contribution in [0.1, 0.15) is 39.5 Å². The third-order valence-electron chi connectivity index (χ3n) is 2.47. The standard InChI is InChI=1S/C12H18F2O/c1-3-4-11(15)6-9-5-10(13)8-12(2,14)7-9/h5,8,11,15H,3-4,6-7H2,1-2H3. The zero-order chi connectivity index (χ0) is 11.5. The van der Waals surface area contributed by atoms with Crippen LogP contribution in [0.25, 0.3) is 0 Å². The lowest BCUT2D eigenvalue weighted by atomic mass is 9.89. The number of hydrogen-bond donors (Lipinski definition) is 1. The number of allylic oxidation sites excluding steroid dienone is 3. The monoisotopic (exact) mass is 216 g/mol. The van der Waals surface area contributed by atoms with Gasteiger partial charge in [-0.1, -0.05) is 18.9 Å². The second kappa shape index (κ2) is 4.88. The molecule has 2 atom stereocenters. The van der Waals surface area contributed by atoms with Crippen molar-refractivity contribution < 1.29 is 13.9 Å². The molecule has 0 saturated heterocycles. The summed E-state index contributed by atoms with van der Waals surface area (Å²) in [5.74, 6) is -0.537. The van der Waals surface area contributed by atoms with Gasteiger partial charge in [0.25, 0.3) is 0 Å². The summed E-state index contributed by atoms with van der Waals surface area (Å²) >= 11 is 0. The van der Waals surface area contributed by atoms with E-state index in [1.165, 1.54) is 13.0 Å². The molecule has 0 aromatic rings. The third-order valence-corrected chi connectivity index (χ3v) is 2.47. The minimum Gasteiger partial charge on any atom is -0.393 e. The van der Waals surface area contributed by atoms with Crippen LogP contribution in [0, 0.1) is 0 Å². The Balaban J connectivity index is 2.60. The average Bonchev–Trinajstić information content (AvgIpc) is 1.99. The first-order valence-corrected chi connectivity index (χ1v) is 5.38. The fourth-order valence-electron chi connectivity index (χ4n) is 1.94. The van der Waals surface area contributed by atoms with Gasteiger partial charge in [0.1, 0.15) is 11.5 Å². The van der Waals surface area contributed by atoms with E-state index in [0.29, 0.717) is 18.4 Å². The molecule has 0 spiro atoms.